The summed E-state index contributed by atoms with van der Waals surface area (Å²) in [7, 11) is 1.57. The zero-order chi connectivity index (χ0) is 13.4. The first-order valence-electron chi connectivity index (χ1n) is 5.98. The number of methoxy groups -OCH3 is 1. The number of nitrogens with one attached hydrogen (secondary N) is 1. The number of carbonyl (C=O) groups is 1. The molecule has 1 amide bonds. The van der Waals surface area contributed by atoms with Crippen molar-refractivity contribution in [2.24, 2.45) is 0 Å². The molecule has 0 heterocycles. The molecule has 0 radical (unpaired) electrons. The molecule has 4 nitrogen and oxygen atoms in total. The molecule has 0 fully saturated rings. The van der Waals surface area contributed by atoms with Crippen LogP contribution in [0.5, 0.6) is 5.75 Å². The second-order valence-corrected chi connectivity index (χ2v) is 5.20. The number of carbonyl (C=O) groups excluding carboxylic acids is 1. The van der Waals surface area contributed by atoms with Crippen molar-refractivity contribution in [2.75, 3.05) is 29.7 Å². The molecule has 0 unspecified atom stereocenters. The molecule has 100 valence electrons. The Hall–Kier alpha value is -1.36. The molecule has 1 aromatic carbocycles. The van der Waals surface area contributed by atoms with Crippen LogP contribution in [0.15, 0.2) is 18.2 Å². The van der Waals surface area contributed by atoms with Crippen molar-refractivity contribution in [1.29, 1.82) is 0 Å². The van der Waals surface area contributed by atoms with E-state index in [1.165, 1.54) is 0 Å². The maximum Gasteiger partial charge on any atom is 0.224 e. The summed E-state index contributed by atoms with van der Waals surface area (Å²) >= 11 is 1.84. The molecule has 18 heavy (non-hydrogen) atoms. The predicted octanol–water partition coefficient (Wildman–Crippen LogP) is 2.75. The van der Waals surface area contributed by atoms with E-state index in [9.17, 15) is 4.79 Å². The first-order chi connectivity index (χ1) is 8.67. The predicted molar refractivity (Wildman–Crippen MR) is 78.3 cm³/mol. The number of thioether (sulfide) groups is 1. The van der Waals surface area contributed by atoms with Gasteiger partial charge < -0.3 is 15.8 Å². The Labute approximate surface area is 112 Å². The van der Waals surface area contributed by atoms with Gasteiger partial charge in [-0.3, -0.25) is 4.79 Å². The van der Waals surface area contributed by atoms with Gasteiger partial charge in [-0.15, -0.1) is 0 Å². The van der Waals surface area contributed by atoms with Gasteiger partial charge in [-0.2, -0.15) is 11.8 Å². The molecule has 0 saturated heterocycles. The van der Waals surface area contributed by atoms with Gasteiger partial charge in [0.25, 0.3) is 0 Å². The standard InChI is InChI=1S/C13H20N2O2S/c1-3-18-8-4-5-13(16)15-11-9-10(14)6-7-12(11)17-2/h6-7,9H,3-5,8,14H2,1-2H3,(H,15,16). The van der Waals surface area contributed by atoms with Crippen LogP contribution in [0.25, 0.3) is 0 Å². The van der Waals surface area contributed by atoms with Crippen molar-refractivity contribution >= 4 is 29.0 Å². The van der Waals surface area contributed by atoms with Gasteiger partial charge in [0.15, 0.2) is 0 Å². The Kier molecular flexibility index (Phi) is 6.43. The third-order valence-corrected chi connectivity index (χ3v) is 3.38. The van der Waals surface area contributed by atoms with Gasteiger partial charge in [0.05, 0.1) is 12.8 Å². The Balaban J connectivity index is 2.50. The minimum Gasteiger partial charge on any atom is -0.495 e. The maximum absolute atomic E-state index is 11.7. The maximum atomic E-state index is 11.7. The van der Waals surface area contributed by atoms with Gasteiger partial charge in [0, 0.05) is 12.1 Å². The van der Waals surface area contributed by atoms with Crippen molar-refractivity contribution in [3.05, 3.63) is 18.2 Å². The lowest BCUT2D eigenvalue weighted by Crippen LogP contribution is -2.12. The molecular formula is C13H20N2O2S. The molecule has 5 heteroatoms. The second kappa shape index (κ2) is 7.87. The minimum absolute atomic E-state index is 0.00407. The smallest absolute Gasteiger partial charge is 0.224 e. The zero-order valence-corrected chi connectivity index (χ0v) is 11.7. The minimum atomic E-state index is -0.00407. The molecule has 0 aliphatic heterocycles. The molecule has 0 aliphatic rings. The molecule has 0 bridgehead atoms. The lowest BCUT2D eigenvalue weighted by molar-refractivity contribution is -0.116. The third kappa shape index (κ3) is 4.87. The molecule has 0 atom stereocenters. The highest BCUT2D eigenvalue weighted by Crippen LogP contribution is 2.26. The summed E-state index contributed by atoms with van der Waals surface area (Å²) in [5, 5.41) is 2.83. The molecule has 0 aliphatic carbocycles. The van der Waals surface area contributed by atoms with E-state index in [2.05, 4.69) is 12.2 Å². The van der Waals surface area contributed by atoms with E-state index < -0.39 is 0 Å². The van der Waals surface area contributed by atoms with Crippen LogP contribution in [0.4, 0.5) is 11.4 Å². The van der Waals surface area contributed by atoms with E-state index >= 15 is 0 Å². The normalized spacial score (nSPS) is 10.1. The number of nitrogen functional groups attached to an aromatic ring is 1. The van der Waals surface area contributed by atoms with Gasteiger partial charge in [0.2, 0.25) is 5.91 Å². The van der Waals surface area contributed by atoms with Crippen LogP contribution in [0.3, 0.4) is 0 Å². The van der Waals surface area contributed by atoms with Gasteiger partial charge in [-0.05, 0) is 36.1 Å². The first-order valence-corrected chi connectivity index (χ1v) is 7.14. The number of benzene rings is 1. The Morgan fingerprint density at radius 2 is 2.28 bits per heavy atom. The van der Waals surface area contributed by atoms with E-state index in [0.717, 1.165) is 17.9 Å². The monoisotopic (exact) mass is 268 g/mol. The molecule has 0 aromatic heterocycles. The lowest BCUT2D eigenvalue weighted by Gasteiger charge is -2.10. The third-order valence-electron chi connectivity index (χ3n) is 2.39. The van der Waals surface area contributed by atoms with Gasteiger partial charge in [-0.25, -0.2) is 0 Å². The molecular weight excluding hydrogens is 248 g/mol. The van der Waals surface area contributed by atoms with Crippen molar-refractivity contribution in [3.63, 3.8) is 0 Å². The highest BCUT2D eigenvalue weighted by Gasteiger charge is 2.07. The number of hydrogen-bond donors (Lipinski definition) is 2. The fourth-order valence-electron chi connectivity index (χ4n) is 1.52. The van der Waals surface area contributed by atoms with Crippen LogP contribution in [0, 0.1) is 0 Å². The van der Waals surface area contributed by atoms with Gasteiger partial charge >= 0.3 is 0 Å². The van der Waals surface area contributed by atoms with E-state index in [-0.39, 0.29) is 5.91 Å². The lowest BCUT2D eigenvalue weighted by atomic mass is 10.2. The van der Waals surface area contributed by atoms with Crippen molar-refractivity contribution < 1.29 is 9.53 Å². The Morgan fingerprint density at radius 3 is 2.94 bits per heavy atom. The van der Waals surface area contributed by atoms with E-state index in [0.29, 0.717) is 23.5 Å². The molecule has 1 rings (SSSR count). The SMILES string of the molecule is CCSCCCC(=O)Nc1cc(N)ccc1OC. The molecule has 0 spiro atoms. The largest absolute Gasteiger partial charge is 0.495 e. The van der Waals surface area contributed by atoms with Gasteiger partial charge in [-0.1, -0.05) is 6.92 Å². The van der Waals surface area contributed by atoms with Crippen LogP contribution in [-0.4, -0.2) is 24.5 Å². The van der Waals surface area contributed by atoms with Crippen molar-refractivity contribution in [1.82, 2.24) is 0 Å². The zero-order valence-electron chi connectivity index (χ0n) is 10.9. The van der Waals surface area contributed by atoms with Crippen LogP contribution < -0.4 is 15.8 Å². The van der Waals surface area contributed by atoms with Gasteiger partial charge in [0.1, 0.15) is 5.75 Å². The molecule has 3 N–H and O–H groups in total. The Morgan fingerprint density at radius 1 is 1.50 bits per heavy atom. The average Bonchev–Trinajstić information content (AvgIpc) is 2.35. The number of amides is 1. The van der Waals surface area contributed by atoms with Crippen LogP contribution >= 0.6 is 11.8 Å². The second-order valence-electron chi connectivity index (χ2n) is 3.81. The summed E-state index contributed by atoms with van der Waals surface area (Å²) in [4.78, 5) is 11.7. The van der Waals surface area contributed by atoms with E-state index in [4.69, 9.17) is 10.5 Å². The topological polar surface area (TPSA) is 64.4 Å². The summed E-state index contributed by atoms with van der Waals surface area (Å²) in [5.41, 5.74) is 6.92. The summed E-state index contributed by atoms with van der Waals surface area (Å²) in [5.74, 6) is 2.72. The fraction of sp³-hybridized carbons (Fsp3) is 0.462. The van der Waals surface area contributed by atoms with Crippen LogP contribution in [-0.2, 0) is 4.79 Å². The van der Waals surface area contributed by atoms with Crippen molar-refractivity contribution in [2.45, 2.75) is 19.8 Å². The highest BCUT2D eigenvalue weighted by molar-refractivity contribution is 7.99. The summed E-state index contributed by atoms with van der Waals surface area (Å²) in [6, 6.07) is 5.20. The molecule has 1 aromatic rings. The van der Waals surface area contributed by atoms with Crippen molar-refractivity contribution in [3.8, 4) is 5.75 Å². The van der Waals surface area contributed by atoms with Crippen LogP contribution in [0.1, 0.15) is 19.8 Å². The Bertz CT molecular complexity index is 397. The summed E-state index contributed by atoms with van der Waals surface area (Å²) < 4.78 is 5.17. The van der Waals surface area contributed by atoms with Crippen LogP contribution in [0.2, 0.25) is 0 Å². The van der Waals surface area contributed by atoms with E-state index in [1.807, 2.05) is 11.8 Å². The average molecular weight is 268 g/mol. The number of hydrogen-bond acceptors (Lipinski definition) is 4. The highest BCUT2D eigenvalue weighted by atomic mass is 32.2. The number of nitrogens with two attached hydrogens (primary N) is 1. The molecule has 0 saturated carbocycles. The fourth-order valence-corrected chi connectivity index (χ4v) is 2.15. The summed E-state index contributed by atoms with van der Waals surface area (Å²) in [6.45, 7) is 2.11. The number of anilines is 2. The first kappa shape index (κ1) is 14.7. The summed E-state index contributed by atoms with van der Waals surface area (Å²) in [6.07, 6.45) is 1.40. The van der Waals surface area contributed by atoms with E-state index in [1.54, 1.807) is 25.3 Å². The number of ether oxygens (including phenoxy) is 1. The quantitative estimate of drug-likeness (QED) is 0.589. The number of rotatable bonds is 7.